The van der Waals surface area contributed by atoms with Crippen molar-refractivity contribution in [1.29, 1.82) is 0 Å². The second-order valence-electron chi connectivity index (χ2n) is 7.36. The number of hydrogen-bond donors (Lipinski definition) is 2. The first-order valence-electron chi connectivity index (χ1n) is 9.50. The molecule has 1 amide bonds. The maximum Gasteiger partial charge on any atom is 0.274 e. The molecule has 3 aromatic rings. The lowest BCUT2D eigenvalue weighted by Gasteiger charge is -2.18. The van der Waals surface area contributed by atoms with Crippen molar-refractivity contribution in [3.8, 4) is 0 Å². The van der Waals surface area contributed by atoms with E-state index in [0.717, 1.165) is 22.2 Å². The Bertz CT molecular complexity index is 1060. The lowest BCUT2D eigenvalue weighted by molar-refractivity contribution is 0.0778. The third kappa shape index (κ3) is 4.06. The van der Waals surface area contributed by atoms with Gasteiger partial charge in [-0.05, 0) is 38.0 Å². The minimum absolute atomic E-state index is 0.0765. The van der Waals surface area contributed by atoms with Gasteiger partial charge in [-0.1, -0.05) is 0 Å². The van der Waals surface area contributed by atoms with Gasteiger partial charge in [0.15, 0.2) is 5.69 Å². The van der Waals surface area contributed by atoms with E-state index in [1.165, 1.54) is 17.4 Å². The summed E-state index contributed by atoms with van der Waals surface area (Å²) in [5.41, 5.74) is 1.72. The highest BCUT2D eigenvalue weighted by atomic mass is 32.1. The predicted molar refractivity (Wildman–Crippen MR) is 109 cm³/mol. The Morgan fingerprint density at radius 2 is 2.24 bits per heavy atom. The molecule has 2 N–H and O–H groups in total. The number of carbonyl (C=O) groups is 1. The molecule has 0 aromatic carbocycles. The Morgan fingerprint density at radius 3 is 2.97 bits per heavy atom. The number of nitrogens with one attached hydrogen (secondary N) is 1. The highest BCUT2D eigenvalue weighted by Gasteiger charge is 2.29. The maximum atomic E-state index is 13.5. The van der Waals surface area contributed by atoms with Crippen LogP contribution in [0.2, 0.25) is 0 Å². The van der Waals surface area contributed by atoms with Crippen LogP contribution >= 0.6 is 11.3 Å². The number of aryl methyl sites for hydroxylation is 1. The van der Waals surface area contributed by atoms with E-state index in [0.29, 0.717) is 35.8 Å². The zero-order valence-electron chi connectivity index (χ0n) is 16.2. The van der Waals surface area contributed by atoms with Crippen LogP contribution in [0.1, 0.15) is 40.3 Å². The Labute approximate surface area is 171 Å². The first kappa shape index (κ1) is 19.7. The minimum atomic E-state index is -0.413. The second kappa shape index (κ2) is 8.00. The smallest absolute Gasteiger partial charge is 0.274 e. The molecule has 0 bridgehead atoms. The third-order valence-corrected chi connectivity index (χ3v) is 6.15. The molecule has 0 aliphatic carbocycles. The van der Waals surface area contributed by atoms with Crippen LogP contribution in [0, 0.1) is 18.7 Å². The van der Waals surface area contributed by atoms with Crippen molar-refractivity contribution in [2.75, 3.05) is 25.0 Å². The van der Waals surface area contributed by atoms with E-state index in [-0.39, 0.29) is 24.5 Å². The summed E-state index contributed by atoms with van der Waals surface area (Å²) in [6.07, 6.45) is 3.52. The molecule has 1 fully saturated rings. The molecule has 0 saturated carbocycles. The quantitative estimate of drug-likeness (QED) is 0.665. The van der Waals surface area contributed by atoms with Crippen LogP contribution in [0.5, 0.6) is 0 Å². The molecule has 4 heterocycles. The molecule has 0 radical (unpaired) electrons. The van der Waals surface area contributed by atoms with E-state index in [1.54, 1.807) is 11.1 Å². The molecular weight excluding hydrogens is 393 g/mol. The van der Waals surface area contributed by atoms with Crippen LogP contribution in [0.4, 0.5) is 10.3 Å². The summed E-state index contributed by atoms with van der Waals surface area (Å²) in [4.78, 5) is 28.9. The lowest BCUT2D eigenvalue weighted by atomic mass is 10.1. The molecule has 29 heavy (non-hydrogen) atoms. The number of thiophene rings is 1. The Morgan fingerprint density at radius 1 is 1.41 bits per heavy atom. The fraction of sp³-hybridized carbons (Fsp3) is 0.400. The highest BCUT2D eigenvalue weighted by molar-refractivity contribution is 7.19. The van der Waals surface area contributed by atoms with Crippen LogP contribution in [0.15, 0.2) is 24.5 Å². The Kier molecular flexibility index (Phi) is 5.42. The number of aromatic nitrogens is 3. The highest BCUT2D eigenvalue weighted by Crippen LogP contribution is 2.30. The number of nitrogens with zero attached hydrogens (tertiary/aromatic N) is 4. The molecule has 152 valence electrons. The first-order valence-corrected chi connectivity index (χ1v) is 10.3. The Hall–Kier alpha value is -2.65. The normalized spacial score (nSPS) is 17.7. The topological polar surface area (TPSA) is 91.2 Å². The largest absolute Gasteiger partial charge is 0.396 e. The van der Waals surface area contributed by atoms with Crippen LogP contribution in [-0.2, 0) is 0 Å². The molecule has 3 aromatic heterocycles. The number of aliphatic hydroxyl groups is 1. The fourth-order valence-corrected chi connectivity index (χ4v) is 4.45. The lowest BCUT2D eigenvalue weighted by Crippen LogP contribution is -2.30. The van der Waals surface area contributed by atoms with Crippen LogP contribution in [-0.4, -0.2) is 50.6 Å². The molecule has 4 rings (SSSR count). The molecule has 0 unspecified atom stereocenters. The zero-order chi connectivity index (χ0) is 20.5. The number of hydrogen-bond acceptors (Lipinski definition) is 7. The molecule has 1 aliphatic heterocycles. The van der Waals surface area contributed by atoms with Gasteiger partial charge in [0.25, 0.3) is 5.91 Å². The van der Waals surface area contributed by atoms with Gasteiger partial charge in [-0.3, -0.25) is 9.78 Å². The number of anilines is 1. The van der Waals surface area contributed by atoms with E-state index in [9.17, 15) is 14.3 Å². The first-order chi connectivity index (χ1) is 13.9. The molecular formula is C20H22FN5O2S. The second-order valence-corrected chi connectivity index (χ2v) is 8.61. The van der Waals surface area contributed by atoms with Crippen molar-refractivity contribution in [3.05, 3.63) is 46.5 Å². The van der Waals surface area contributed by atoms with E-state index < -0.39 is 5.82 Å². The number of aliphatic hydroxyl groups excluding tert-OH is 1. The van der Waals surface area contributed by atoms with Gasteiger partial charge in [-0.25, -0.2) is 14.4 Å². The number of rotatable bonds is 5. The van der Waals surface area contributed by atoms with Gasteiger partial charge in [0.1, 0.15) is 5.82 Å². The van der Waals surface area contributed by atoms with Gasteiger partial charge in [-0.15, -0.1) is 11.3 Å². The summed E-state index contributed by atoms with van der Waals surface area (Å²) < 4.78 is 14.2. The minimum Gasteiger partial charge on any atom is -0.396 e. The molecule has 9 heteroatoms. The molecule has 0 spiro atoms. The molecule has 7 nitrogen and oxygen atoms in total. The van der Waals surface area contributed by atoms with Crippen molar-refractivity contribution < 1.29 is 14.3 Å². The number of fused-ring (bicyclic) bond motifs is 1. The summed E-state index contributed by atoms with van der Waals surface area (Å²) in [7, 11) is 0. The van der Waals surface area contributed by atoms with Crippen LogP contribution < -0.4 is 5.32 Å². The predicted octanol–water partition coefficient (Wildman–Crippen LogP) is 3.16. The number of carbonyl (C=O) groups excluding carboxylic acids is 1. The molecule has 2 atom stereocenters. The van der Waals surface area contributed by atoms with Gasteiger partial charge in [0.05, 0.1) is 22.5 Å². The monoisotopic (exact) mass is 415 g/mol. The molecule has 1 saturated heterocycles. The van der Waals surface area contributed by atoms with E-state index >= 15 is 0 Å². The zero-order valence-corrected chi connectivity index (χ0v) is 17.0. The number of pyridine rings is 1. The van der Waals surface area contributed by atoms with Crippen molar-refractivity contribution >= 4 is 33.4 Å². The SMILES string of the molecule is Cc1cc2nc(N[C@@H](C)c3cncc(F)c3)nc(C(=O)N3CC[C@H](CO)C3)c2s1. The van der Waals surface area contributed by atoms with Crippen molar-refractivity contribution in [3.63, 3.8) is 0 Å². The number of likely N-dealkylation sites (tertiary alicyclic amines) is 1. The summed E-state index contributed by atoms with van der Waals surface area (Å²) in [5.74, 6) is -0.143. The summed E-state index contributed by atoms with van der Waals surface area (Å²) in [5, 5.41) is 12.5. The average Bonchev–Trinajstić information content (AvgIpc) is 3.32. The fourth-order valence-electron chi connectivity index (χ4n) is 3.52. The molecule has 1 aliphatic rings. The summed E-state index contributed by atoms with van der Waals surface area (Å²) in [6.45, 7) is 5.03. The van der Waals surface area contributed by atoms with Gasteiger partial charge in [0, 0.05) is 36.7 Å². The van der Waals surface area contributed by atoms with Crippen LogP contribution in [0.25, 0.3) is 10.2 Å². The number of halogens is 1. The summed E-state index contributed by atoms with van der Waals surface area (Å²) >= 11 is 1.49. The van der Waals surface area contributed by atoms with Gasteiger partial charge in [-0.2, -0.15) is 0 Å². The van der Waals surface area contributed by atoms with Crippen molar-refractivity contribution in [1.82, 2.24) is 19.9 Å². The van der Waals surface area contributed by atoms with Crippen LogP contribution in [0.3, 0.4) is 0 Å². The number of amides is 1. The standard InChI is InChI=1S/C20H22FN5O2S/c1-11-5-16-18(29-11)17(19(28)26-4-3-13(9-26)10-27)25-20(24-16)23-12(2)14-6-15(21)8-22-7-14/h5-8,12-13,27H,3-4,9-10H2,1-2H3,(H,23,24,25)/t12-,13-/m0/s1. The average molecular weight is 415 g/mol. The Balaban J connectivity index is 1.66. The summed E-state index contributed by atoms with van der Waals surface area (Å²) in [6, 6.07) is 3.05. The van der Waals surface area contributed by atoms with E-state index in [4.69, 9.17) is 0 Å². The van der Waals surface area contributed by atoms with Gasteiger partial charge in [0.2, 0.25) is 5.95 Å². The van der Waals surface area contributed by atoms with E-state index in [2.05, 4.69) is 20.3 Å². The van der Waals surface area contributed by atoms with Gasteiger partial charge >= 0.3 is 0 Å². The van der Waals surface area contributed by atoms with Crippen molar-refractivity contribution in [2.24, 2.45) is 5.92 Å². The van der Waals surface area contributed by atoms with Gasteiger partial charge < -0.3 is 15.3 Å². The van der Waals surface area contributed by atoms with Crippen molar-refractivity contribution in [2.45, 2.75) is 26.3 Å². The maximum absolute atomic E-state index is 13.5. The third-order valence-electron chi connectivity index (χ3n) is 5.10. The van der Waals surface area contributed by atoms with E-state index in [1.807, 2.05) is 19.9 Å².